The number of carbonyl (C=O) groups is 1. The largest absolute Gasteiger partial charge is 0.366 e. The first kappa shape index (κ1) is 16.0. The molecule has 0 heterocycles. The van der Waals surface area contributed by atoms with Gasteiger partial charge in [-0.05, 0) is 31.5 Å². The Morgan fingerprint density at radius 3 is 2.55 bits per heavy atom. The highest BCUT2D eigenvalue weighted by Crippen LogP contribution is 2.30. The smallest absolute Gasteiger partial charge is 0.274 e. The number of primary amides is 1. The van der Waals surface area contributed by atoms with E-state index in [0.29, 0.717) is 11.3 Å². The van der Waals surface area contributed by atoms with E-state index in [-0.39, 0.29) is 11.3 Å². The predicted molar refractivity (Wildman–Crippen MR) is 87.1 cm³/mol. The molecule has 22 heavy (non-hydrogen) atoms. The second kappa shape index (κ2) is 6.62. The van der Waals surface area contributed by atoms with Gasteiger partial charge >= 0.3 is 0 Å². The van der Waals surface area contributed by atoms with Crippen molar-refractivity contribution in [2.75, 3.05) is 0 Å². The molecule has 0 radical (unpaired) electrons. The molecule has 1 amide bonds. The summed E-state index contributed by atoms with van der Waals surface area (Å²) in [6.45, 7) is 4.04. The molecular weight excluding hydrogens is 300 g/mol. The maximum Gasteiger partial charge on any atom is 0.274 e. The third-order valence-electron chi connectivity index (χ3n) is 3.28. The van der Waals surface area contributed by atoms with Gasteiger partial charge in [0.15, 0.2) is 0 Å². The number of hydrogen-bond donors (Lipinski definition) is 1. The molecule has 0 spiro atoms. The number of rotatable bonds is 5. The highest BCUT2D eigenvalue weighted by molar-refractivity contribution is 7.98. The quantitative estimate of drug-likeness (QED) is 0.518. The van der Waals surface area contributed by atoms with Crippen LogP contribution < -0.4 is 5.73 Å². The second-order valence-electron chi connectivity index (χ2n) is 5.02. The standard InChI is InChI=1S/C16H16N2O3S/c1-10-3-6-15(11(2)7-10)22-9-13-5-4-12(16(17)19)8-14(13)18(20)21/h3-8H,9H2,1-2H3,(H2,17,19). The zero-order valence-corrected chi connectivity index (χ0v) is 13.1. The van der Waals surface area contributed by atoms with Gasteiger partial charge in [0.2, 0.25) is 5.91 Å². The summed E-state index contributed by atoms with van der Waals surface area (Å²) in [4.78, 5) is 22.9. The minimum Gasteiger partial charge on any atom is -0.366 e. The monoisotopic (exact) mass is 316 g/mol. The molecule has 114 valence electrons. The normalized spacial score (nSPS) is 10.5. The van der Waals surface area contributed by atoms with E-state index in [4.69, 9.17) is 5.73 Å². The average molecular weight is 316 g/mol. The van der Waals surface area contributed by atoms with Crippen LogP contribution in [-0.2, 0) is 5.75 Å². The van der Waals surface area contributed by atoms with Crippen LogP contribution in [-0.4, -0.2) is 10.8 Å². The number of aryl methyl sites for hydroxylation is 2. The van der Waals surface area contributed by atoms with E-state index in [1.165, 1.54) is 29.5 Å². The van der Waals surface area contributed by atoms with Gasteiger partial charge in [-0.3, -0.25) is 14.9 Å². The number of amides is 1. The second-order valence-corrected chi connectivity index (χ2v) is 6.04. The average Bonchev–Trinajstić information content (AvgIpc) is 2.46. The Hall–Kier alpha value is -2.34. The lowest BCUT2D eigenvalue weighted by Gasteiger charge is -2.08. The number of thioether (sulfide) groups is 1. The Morgan fingerprint density at radius 2 is 1.95 bits per heavy atom. The first-order valence-electron chi connectivity index (χ1n) is 6.65. The van der Waals surface area contributed by atoms with E-state index in [0.717, 1.165) is 10.5 Å². The van der Waals surface area contributed by atoms with Crippen molar-refractivity contribution in [1.82, 2.24) is 0 Å². The van der Waals surface area contributed by atoms with E-state index in [2.05, 4.69) is 6.07 Å². The van der Waals surface area contributed by atoms with Crippen LogP contribution in [0, 0.1) is 24.0 Å². The van der Waals surface area contributed by atoms with Crippen molar-refractivity contribution in [2.24, 2.45) is 5.73 Å². The molecule has 0 atom stereocenters. The first-order valence-corrected chi connectivity index (χ1v) is 7.64. The van der Waals surface area contributed by atoms with Crippen LogP contribution in [0.5, 0.6) is 0 Å². The molecule has 2 aromatic rings. The van der Waals surface area contributed by atoms with Crippen molar-refractivity contribution >= 4 is 23.4 Å². The van der Waals surface area contributed by atoms with E-state index in [1.807, 2.05) is 26.0 Å². The van der Waals surface area contributed by atoms with Crippen molar-refractivity contribution in [1.29, 1.82) is 0 Å². The number of hydrogen-bond acceptors (Lipinski definition) is 4. The fraction of sp³-hybridized carbons (Fsp3) is 0.188. The first-order chi connectivity index (χ1) is 10.4. The fourth-order valence-electron chi connectivity index (χ4n) is 2.13. The number of nitrogens with two attached hydrogens (primary N) is 1. The highest BCUT2D eigenvalue weighted by atomic mass is 32.2. The van der Waals surface area contributed by atoms with Crippen LogP contribution in [0.15, 0.2) is 41.3 Å². The summed E-state index contributed by atoms with van der Waals surface area (Å²) >= 11 is 1.53. The topological polar surface area (TPSA) is 86.2 Å². The molecule has 5 nitrogen and oxygen atoms in total. The molecule has 2 aromatic carbocycles. The lowest BCUT2D eigenvalue weighted by molar-refractivity contribution is -0.385. The number of nitrogens with zero attached hydrogens (tertiary/aromatic N) is 1. The molecule has 2 N–H and O–H groups in total. The van der Waals surface area contributed by atoms with Gasteiger partial charge in [-0.2, -0.15) is 0 Å². The maximum atomic E-state index is 11.2. The molecular formula is C16H16N2O3S. The number of carbonyl (C=O) groups excluding carboxylic acids is 1. The van der Waals surface area contributed by atoms with Crippen LogP contribution in [0.2, 0.25) is 0 Å². The molecule has 0 saturated heterocycles. The lowest BCUT2D eigenvalue weighted by atomic mass is 10.1. The predicted octanol–water partition coefficient (Wildman–Crippen LogP) is 3.60. The summed E-state index contributed by atoms with van der Waals surface area (Å²) in [7, 11) is 0. The van der Waals surface area contributed by atoms with Gasteiger partial charge in [0.1, 0.15) is 0 Å². The lowest BCUT2D eigenvalue weighted by Crippen LogP contribution is -2.11. The minimum absolute atomic E-state index is 0.0754. The SMILES string of the molecule is Cc1ccc(SCc2ccc(C(N)=O)cc2[N+](=O)[O-])c(C)c1. The van der Waals surface area contributed by atoms with Crippen LogP contribution in [0.4, 0.5) is 5.69 Å². The summed E-state index contributed by atoms with van der Waals surface area (Å²) in [5.74, 6) is -0.212. The zero-order valence-electron chi connectivity index (χ0n) is 12.3. The van der Waals surface area contributed by atoms with Gasteiger partial charge in [0, 0.05) is 27.8 Å². The van der Waals surface area contributed by atoms with Crippen molar-refractivity contribution in [3.8, 4) is 0 Å². The summed E-state index contributed by atoms with van der Waals surface area (Å²) in [6.07, 6.45) is 0. The number of nitro groups is 1. The van der Waals surface area contributed by atoms with Crippen molar-refractivity contribution in [3.63, 3.8) is 0 Å². The van der Waals surface area contributed by atoms with Crippen LogP contribution in [0.25, 0.3) is 0 Å². The Bertz CT molecular complexity index is 744. The third-order valence-corrected chi connectivity index (χ3v) is 4.50. The van der Waals surface area contributed by atoms with Gasteiger partial charge in [0.25, 0.3) is 5.69 Å². The molecule has 0 aliphatic heterocycles. The summed E-state index contributed by atoms with van der Waals surface area (Å²) < 4.78 is 0. The Labute approximate surface area is 132 Å². The van der Waals surface area contributed by atoms with E-state index in [1.54, 1.807) is 6.07 Å². The Balaban J connectivity index is 2.25. The number of benzene rings is 2. The maximum absolute atomic E-state index is 11.2. The van der Waals surface area contributed by atoms with Crippen LogP contribution >= 0.6 is 11.8 Å². The minimum atomic E-state index is -0.670. The molecule has 0 aromatic heterocycles. The van der Waals surface area contributed by atoms with Gasteiger partial charge < -0.3 is 5.73 Å². The van der Waals surface area contributed by atoms with Gasteiger partial charge in [-0.25, -0.2) is 0 Å². The third kappa shape index (κ3) is 3.65. The molecule has 0 unspecified atom stereocenters. The van der Waals surface area contributed by atoms with Gasteiger partial charge in [0.05, 0.1) is 4.92 Å². The van der Waals surface area contributed by atoms with Crippen molar-refractivity contribution in [3.05, 3.63) is 68.8 Å². The Morgan fingerprint density at radius 1 is 1.23 bits per heavy atom. The van der Waals surface area contributed by atoms with E-state index < -0.39 is 10.8 Å². The summed E-state index contributed by atoms with van der Waals surface area (Å²) in [6, 6.07) is 10.5. The molecule has 6 heteroatoms. The van der Waals surface area contributed by atoms with Crippen LogP contribution in [0.1, 0.15) is 27.0 Å². The van der Waals surface area contributed by atoms with Crippen molar-refractivity contribution < 1.29 is 9.72 Å². The van der Waals surface area contributed by atoms with Gasteiger partial charge in [-0.1, -0.05) is 23.8 Å². The zero-order chi connectivity index (χ0) is 16.3. The molecule has 0 bridgehead atoms. The van der Waals surface area contributed by atoms with E-state index >= 15 is 0 Å². The number of nitro benzene ring substituents is 1. The Kier molecular flexibility index (Phi) is 4.82. The fourth-order valence-corrected chi connectivity index (χ4v) is 3.13. The van der Waals surface area contributed by atoms with Crippen molar-refractivity contribution in [2.45, 2.75) is 24.5 Å². The molecule has 0 fully saturated rings. The summed E-state index contributed by atoms with van der Waals surface area (Å²) in [5, 5.41) is 11.2. The van der Waals surface area contributed by atoms with Gasteiger partial charge in [-0.15, -0.1) is 11.8 Å². The molecule has 2 rings (SSSR count). The molecule has 0 aliphatic rings. The highest BCUT2D eigenvalue weighted by Gasteiger charge is 2.16. The van der Waals surface area contributed by atoms with E-state index in [9.17, 15) is 14.9 Å². The molecule has 0 aliphatic carbocycles. The van der Waals surface area contributed by atoms with Crippen LogP contribution in [0.3, 0.4) is 0 Å². The summed E-state index contributed by atoms with van der Waals surface area (Å²) in [5.41, 5.74) is 8.12. The molecule has 0 saturated carbocycles.